The quantitative estimate of drug-likeness (QED) is 0.549. The van der Waals surface area contributed by atoms with Crippen molar-refractivity contribution in [2.45, 2.75) is 24.2 Å². The van der Waals surface area contributed by atoms with Crippen LogP contribution in [0, 0.1) is 6.92 Å². The van der Waals surface area contributed by atoms with Gasteiger partial charge in [0.1, 0.15) is 4.21 Å². The minimum absolute atomic E-state index is 0.369. The van der Waals surface area contributed by atoms with E-state index in [4.69, 9.17) is 4.74 Å². The van der Waals surface area contributed by atoms with Crippen LogP contribution in [0.25, 0.3) is 0 Å². The molecule has 1 aromatic carbocycles. The summed E-state index contributed by atoms with van der Waals surface area (Å²) >= 11 is 1.29. The number of guanidine groups is 1. The Morgan fingerprint density at radius 3 is 2.46 bits per heavy atom. The zero-order valence-electron chi connectivity index (χ0n) is 16.1. The summed E-state index contributed by atoms with van der Waals surface area (Å²) in [5.74, 6) is 0.673. The molecule has 1 aliphatic heterocycles. The Kier molecular flexibility index (Phi) is 7.06. The predicted octanol–water partition coefficient (Wildman–Crippen LogP) is 1.94. The lowest BCUT2D eigenvalue weighted by Crippen LogP contribution is -2.40. The van der Waals surface area contributed by atoms with Crippen molar-refractivity contribution in [2.75, 3.05) is 33.4 Å². The van der Waals surface area contributed by atoms with Crippen LogP contribution in [-0.4, -0.2) is 52.0 Å². The van der Waals surface area contributed by atoms with Crippen LogP contribution in [0.15, 0.2) is 45.6 Å². The lowest BCUT2D eigenvalue weighted by Gasteiger charge is -2.25. The van der Waals surface area contributed by atoms with Gasteiger partial charge in [0, 0.05) is 31.6 Å². The third-order valence-electron chi connectivity index (χ3n) is 4.44. The summed E-state index contributed by atoms with van der Waals surface area (Å²) in [6.45, 7) is 4.95. The van der Waals surface area contributed by atoms with Gasteiger partial charge in [-0.3, -0.25) is 4.99 Å². The number of hydrogen-bond acceptors (Lipinski definition) is 5. The summed E-state index contributed by atoms with van der Waals surface area (Å²) in [5, 5.41) is 6.50. The van der Waals surface area contributed by atoms with Crippen molar-refractivity contribution in [2.24, 2.45) is 4.99 Å². The van der Waals surface area contributed by atoms with E-state index in [1.807, 2.05) is 6.07 Å². The fourth-order valence-corrected chi connectivity index (χ4v) is 5.65. The van der Waals surface area contributed by atoms with Crippen LogP contribution in [0.2, 0.25) is 0 Å². The van der Waals surface area contributed by atoms with Crippen LogP contribution in [0.3, 0.4) is 0 Å². The number of sulfonamides is 1. The molecule has 1 fully saturated rings. The maximum atomic E-state index is 12.7. The molecule has 0 saturated carbocycles. The van der Waals surface area contributed by atoms with E-state index >= 15 is 0 Å². The molecule has 28 heavy (non-hydrogen) atoms. The number of rotatable bonds is 6. The number of nitrogens with zero attached hydrogens (tertiary/aromatic N) is 2. The second kappa shape index (κ2) is 9.51. The highest BCUT2D eigenvalue weighted by molar-refractivity contribution is 7.91. The third-order valence-corrected chi connectivity index (χ3v) is 7.89. The highest BCUT2D eigenvalue weighted by atomic mass is 32.2. The molecule has 152 valence electrons. The number of aryl methyl sites for hydroxylation is 1. The molecule has 9 heteroatoms. The van der Waals surface area contributed by atoms with E-state index in [-0.39, 0.29) is 0 Å². The number of benzene rings is 1. The molecule has 0 bridgehead atoms. The molecular formula is C19H26N4O3S2. The smallest absolute Gasteiger partial charge is 0.252 e. The molecule has 2 N–H and O–H groups in total. The van der Waals surface area contributed by atoms with Crippen molar-refractivity contribution < 1.29 is 13.2 Å². The molecule has 0 atom stereocenters. The molecule has 0 unspecified atom stereocenters. The fourth-order valence-electron chi connectivity index (χ4n) is 2.79. The maximum Gasteiger partial charge on any atom is 0.252 e. The number of hydrogen-bond donors (Lipinski definition) is 2. The molecular weight excluding hydrogens is 396 g/mol. The first-order valence-corrected chi connectivity index (χ1v) is 11.4. The second-order valence-electron chi connectivity index (χ2n) is 6.50. The van der Waals surface area contributed by atoms with Gasteiger partial charge in [-0.15, -0.1) is 11.3 Å². The molecule has 3 rings (SSSR count). The largest absolute Gasteiger partial charge is 0.379 e. The van der Waals surface area contributed by atoms with Crippen LogP contribution in [0.5, 0.6) is 0 Å². The number of aliphatic imine (C=N–C) groups is 1. The van der Waals surface area contributed by atoms with Gasteiger partial charge in [-0.25, -0.2) is 8.42 Å². The van der Waals surface area contributed by atoms with E-state index in [2.05, 4.69) is 46.8 Å². The van der Waals surface area contributed by atoms with Gasteiger partial charge in [0.05, 0.1) is 19.8 Å². The van der Waals surface area contributed by atoms with Crippen molar-refractivity contribution in [3.8, 4) is 0 Å². The lowest BCUT2D eigenvalue weighted by atomic mass is 10.1. The lowest BCUT2D eigenvalue weighted by molar-refractivity contribution is 0.0731. The third kappa shape index (κ3) is 5.32. The van der Waals surface area contributed by atoms with Gasteiger partial charge in [-0.2, -0.15) is 4.31 Å². The molecule has 0 aliphatic carbocycles. The van der Waals surface area contributed by atoms with Crippen molar-refractivity contribution in [3.05, 3.63) is 52.4 Å². The second-order valence-corrected chi connectivity index (χ2v) is 9.84. The average Bonchev–Trinajstić information content (AvgIpc) is 3.20. The van der Waals surface area contributed by atoms with Crippen molar-refractivity contribution in [1.82, 2.24) is 14.9 Å². The highest BCUT2D eigenvalue weighted by Crippen LogP contribution is 2.25. The Morgan fingerprint density at radius 2 is 1.79 bits per heavy atom. The fraction of sp³-hybridized carbons (Fsp3) is 0.421. The summed E-state index contributed by atoms with van der Waals surface area (Å²) in [5.41, 5.74) is 2.40. The maximum absolute atomic E-state index is 12.7. The Labute approximate surface area is 170 Å². The molecule has 1 aliphatic rings. The Hall–Kier alpha value is -1.94. The Balaban J connectivity index is 1.54. The molecule has 1 saturated heterocycles. The van der Waals surface area contributed by atoms with Gasteiger partial charge in [-0.1, -0.05) is 29.8 Å². The van der Waals surface area contributed by atoms with Crippen LogP contribution in [-0.2, 0) is 27.8 Å². The molecule has 2 heterocycles. The summed E-state index contributed by atoms with van der Waals surface area (Å²) in [6, 6.07) is 11.8. The van der Waals surface area contributed by atoms with E-state index in [1.54, 1.807) is 13.1 Å². The normalized spacial score (nSPS) is 16.1. The topological polar surface area (TPSA) is 83.0 Å². The first-order valence-electron chi connectivity index (χ1n) is 9.16. The first-order chi connectivity index (χ1) is 13.5. The summed E-state index contributed by atoms with van der Waals surface area (Å²) in [4.78, 5) is 5.16. The molecule has 7 nitrogen and oxygen atoms in total. The van der Waals surface area contributed by atoms with Crippen molar-refractivity contribution in [1.29, 1.82) is 0 Å². The van der Waals surface area contributed by atoms with Crippen LogP contribution >= 0.6 is 11.3 Å². The van der Waals surface area contributed by atoms with E-state index in [1.165, 1.54) is 26.8 Å². The number of thiophene rings is 1. The molecule has 0 amide bonds. The van der Waals surface area contributed by atoms with E-state index in [0.717, 1.165) is 4.88 Å². The van der Waals surface area contributed by atoms with Gasteiger partial charge in [0.15, 0.2) is 5.96 Å². The van der Waals surface area contributed by atoms with Crippen LogP contribution in [0.4, 0.5) is 0 Å². The van der Waals surface area contributed by atoms with E-state index in [9.17, 15) is 8.42 Å². The SMILES string of the molecule is CN=C(NCc1ccc(C)cc1)NCc1ccc(S(=O)(=O)N2CCOCC2)s1. The van der Waals surface area contributed by atoms with Gasteiger partial charge < -0.3 is 15.4 Å². The number of morpholine rings is 1. The van der Waals surface area contributed by atoms with Gasteiger partial charge in [-0.05, 0) is 24.6 Å². The monoisotopic (exact) mass is 422 g/mol. The minimum Gasteiger partial charge on any atom is -0.379 e. The van der Waals surface area contributed by atoms with Crippen LogP contribution in [0.1, 0.15) is 16.0 Å². The Bertz CT molecular complexity index is 902. The van der Waals surface area contributed by atoms with Crippen molar-refractivity contribution >= 4 is 27.3 Å². The zero-order valence-corrected chi connectivity index (χ0v) is 17.8. The zero-order chi connectivity index (χ0) is 20.0. The summed E-state index contributed by atoms with van der Waals surface area (Å²) in [7, 11) is -1.72. The first kappa shape index (κ1) is 20.8. The van der Waals surface area contributed by atoms with Gasteiger partial charge in [0.2, 0.25) is 0 Å². The van der Waals surface area contributed by atoms with Crippen molar-refractivity contribution in [3.63, 3.8) is 0 Å². The summed E-state index contributed by atoms with van der Waals surface area (Å²) < 4.78 is 32.5. The standard InChI is InChI=1S/C19H26N4O3S2/c1-15-3-5-16(6-4-15)13-21-19(20-2)22-14-17-7-8-18(27-17)28(24,25)23-9-11-26-12-10-23/h3-8H,9-14H2,1-2H3,(H2,20,21,22). The van der Waals surface area contributed by atoms with E-state index in [0.29, 0.717) is 49.6 Å². The van der Waals surface area contributed by atoms with Gasteiger partial charge >= 0.3 is 0 Å². The molecule has 0 radical (unpaired) electrons. The summed E-state index contributed by atoms with van der Waals surface area (Å²) in [6.07, 6.45) is 0. The highest BCUT2D eigenvalue weighted by Gasteiger charge is 2.27. The Morgan fingerprint density at radius 1 is 1.11 bits per heavy atom. The number of nitrogens with one attached hydrogen (secondary N) is 2. The minimum atomic E-state index is -3.44. The predicted molar refractivity (Wildman–Crippen MR) is 112 cm³/mol. The molecule has 2 aromatic rings. The molecule has 0 spiro atoms. The van der Waals surface area contributed by atoms with Crippen LogP contribution < -0.4 is 10.6 Å². The molecule has 1 aromatic heterocycles. The number of ether oxygens (including phenoxy) is 1. The van der Waals surface area contributed by atoms with Gasteiger partial charge in [0.25, 0.3) is 10.0 Å². The van der Waals surface area contributed by atoms with E-state index < -0.39 is 10.0 Å². The average molecular weight is 423 g/mol.